The first-order chi connectivity index (χ1) is 8.70. The zero-order valence-electron chi connectivity index (χ0n) is 11.4. The zero-order chi connectivity index (χ0) is 13.0. The lowest BCUT2D eigenvalue weighted by Crippen LogP contribution is -2.26. The van der Waals surface area contributed by atoms with Crippen LogP contribution in [0.5, 0.6) is 0 Å². The van der Waals surface area contributed by atoms with Crippen molar-refractivity contribution in [1.82, 2.24) is 0 Å². The molecular weight excluding hydrogens is 220 g/mol. The normalized spacial score (nSPS) is 24.1. The molecule has 0 amide bonds. The van der Waals surface area contributed by atoms with E-state index in [2.05, 4.69) is 24.4 Å². The lowest BCUT2D eigenvalue weighted by molar-refractivity contribution is 0.456. The summed E-state index contributed by atoms with van der Waals surface area (Å²) in [5, 5.41) is 12.6. The molecule has 0 radical (unpaired) electrons. The van der Waals surface area contributed by atoms with Gasteiger partial charge >= 0.3 is 0 Å². The largest absolute Gasteiger partial charge is 0.382 e. The van der Waals surface area contributed by atoms with Gasteiger partial charge in [-0.15, -0.1) is 0 Å². The highest BCUT2D eigenvalue weighted by molar-refractivity contribution is 5.52. The number of hydrogen-bond donors (Lipinski definition) is 1. The van der Waals surface area contributed by atoms with Crippen molar-refractivity contribution in [2.24, 2.45) is 5.92 Å². The van der Waals surface area contributed by atoms with Gasteiger partial charge in [-0.25, -0.2) is 0 Å². The van der Waals surface area contributed by atoms with Gasteiger partial charge in [-0.1, -0.05) is 26.2 Å². The highest BCUT2D eigenvalue weighted by atomic mass is 14.9. The Morgan fingerprint density at radius 3 is 2.72 bits per heavy atom. The molecule has 0 bridgehead atoms. The molecule has 0 aliphatic heterocycles. The summed E-state index contributed by atoms with van der Waals surface area (Å²) in [6.07, 6.45) is 6.66. The Balaban J connectivity index is 2.08. The van der Waals surface area contributed by atoms with Crippen LogP contribution in [-0.4, -0.2) is 6.04 Å². The molecule has 1 fully saturated rings. The van der Waals surface area contributed by atoms with Crippen LogP contribution in [-0.2, 0) is 0 Å². The van der Waals surface area contributed by atoms with Crippen LogP contribution in [0.2, 0.25) is 0 Å². The number of aryl methyl sites for hydroxylation is 1. The van der Waals surface area contributed by atoms with Crippen LogP contribution in [0.15, 0.2) is 18.2 Å². The lowest BCUT2D eigenvalue weighted by Gasteiger charge is -2.24. The van der Waals surface area contributed by atoms with E-state index in [1.54, 1.807) is 0 Å². The molecule has 2 rings (SSSR count). The molecule has 0 spiro atoms. The van der Waals surface area contributed by atoms with Crippen LogP contribution in [0.25, 0.3) is 0 Å². The quantitative estimate of drug-likeness (QED) is 0.787. The third kappa shape index (κ3) is 3.04. The molecule has 2 heteroatoms. The summed E-state index contributed by atoms with van der Waals surface area (Å²) < 4.78 is 0. The van der Waals surface area contributed by atoms with E-state index in [4.69, 9.17) is 5.26 Å². The monoisotopic (exact) mass is 242 g/mol. The number of nitriles is 1. The Labute approximate surface area is 110 Å². The lowest BCUT2D eigenvalue weighted by atomic mass is 9.96. The molecule has 0 saturated heterocycles. The van der Waals surface area contributed by atoms with Crippen LogP contribution < -0.4 is 5.32 Å². The highest BCUT2D eigenvalue weighted by Crippen LogP contribution is 2.26. The Bertz CT molecular complexity index is 445. The van der Waals surface area contributed by atoms with Crippen LogP contribution in [0.3, 0.4) is 0 Å². The molecule has 1 aromatic carbocycles. The fourth-order valence-electron chi connectivity index (χ4n) is 2.80. The molecule has 1 N–H and O–H groups in total. The summed E-state index contributed by atoms with van der Waals surface area (Å²) in [6.45, 7) is 4.35. The average Bonchev–Trinajstić information content (AvgIpc) is 2.55. The number of anilines is 1. The second-order valence-corrected chi connectivity index (χ2v) is 5.51. The van der Waals surface area contributed by atoms with Gasteiger partial charge in [0.05, 0.1) is 11.6 Å². The van der Waals surface area contributed by atoms with Crippen LogP contribution in [0, 0.1) is 24.2 Å². The third-order valence-electron chi connectivity index (χ3n) is 4.06. The molecule has 1 aliphatic carbocycles. The first kappa shape index (κ1) is 13.0. The van der Waals surface area contributed by atoms with E-state index in [1.807, 2.05) is 19.1 Å². The molecule has 0 aromatic heterocycles. The van der Waals surface area contributed by atoms with Gasteiger partial charge in [0, 0.05) is 11.7 Å². The maximum atomic E-state index is 8.94. The maximum absolute atomic E-state index is 8.94. The van der Waals surface area contributed by atoms with Crippen molar-refractivity contribution in [2.45, 2.75) is 52.0 Å². The van der Waals surface area contributed by atoms with Crippen molar-refractivity contribution in [3.63, 3.8) is 0 Å². The van der Waals surface area contributed by atoms with Crippen molar-refractivity contribution < 1.29 is 0 Å². The van der Waals surface area contributed by atoms with E-state index in [0.29, 0.717) is 6.04 Å². The summed E-state index contributed by atoms with van der Waals surface area (Å²) in [6, 6.07) is 8.84. The second kappa shape index (κ2) is 5.91. The molecule has 1 saturated carbocycles. The van der Waals surface area contributed by atoms with Crippen molar-refractivity contribution in [3.8, 4) is 6.07 Å². The summed E-state index contributed by atoms with van der Waals surface area (Å²) >= 11 is 0. The molecule has 96 valence electrons. The van der Waals surface area contributed by atoms with Gasteiger partial charge in [-0.05, 0) is 49.4 Å². The second-order valence-electron chi connectivity index (χ2n) is 5.51. The van der Waals surface area contributed by atoms with Gasteiger partial charge in [0.1, 0.15) is 0 Å². The van der Waals surface area contributed by atoms with Crippen LogP contribution in [0.4, 0.5) is 5.69 Å². The van der Waals surface area contributed by atoms with Crippen molar-refractivity contribution >= 4 is 5.69 Å². The van der Waals surface area contributed by atoms with E-state index in [1.165, 1.54) is 32.1 Å². The average molecular weight is 242 g/mol. The van der Waals surface area contributed by atoms with E-state index in [-0.39, 0.29) is 0 Å². The number of benzene rings is 1. The number of hydrogen-bond acceptors (Lipinski definition) is 2. The molecule has 2 unspecified atom stereocenters. The van der Waals surface area contributed by atoms with Gasteiger partial charge in [0.15, 0.2) is 0 Å². The summed E-state index contributed by atoms with van der Waals surface area (Å²) in [4.78, 5) is 0. The first-order valence-electron chi connectivity index (χ1n) is 6.98. The Hall–Kier alpha value is -1.49. The third-order valence-corrected chi connectivity index (χ3v) is 4.06. The van der Waals surface area contributed by atoms with Gasteiger partial charge in [0.2, 0.25) is 0 Å². The van der Waals surface area contributed by atoms with E-state index < -0.39 is 0 Å². The summed E-state index contributed by atoms with van der Waals surface area (Å²) in [7, 11) is 0. The molecule has 1 aliphatic rings. The molecule has 2 nitrogen and oxygen atoms in total. The topological polar surface area (TPSA) is 35.8 Å². The molecular formula is C16H22N2. The van der Waals surface area contributed by atoms with Crippen molar-refractivity contribution in [2.75, 3.05) is 5.32 Å². The van der Waals surface area contributed by atoms with Crippen molar-refractivity contribution in [1.29, 1.82) is 5.26 Å². The molecule has 1 aromatic rings. The van der Waals surface area contributed by atoms with Crippen LogP contribution in [0.1, 0.15) is 50.2 Å². The maximum Gasteiger partial charge on any atom is 0.0994 e. The Kier molecular flexibility index (Phi) is 4.25. The first-order valence-corrected chi connectivity index (χ1v) is 6.98. The minimum Gasteiger partial charge on any atom is -0.382 e. The molecule has 0 heterocycles. The predicted molar refractivity (Wildman–Crippen MR) is 75.6 cm³/mol. The van der Waals surface area contributed by atoms with E-state index in [0.717, 1.165) is 22.7 Å². The fourth-order valence-corrected chi connectivity index (χ4v) is 2.80. The summed E-state index contributed by atoms with van der Waals surface area (Å²) in [5.74, 6) is 0.739. The minimum absolute atomic E-state index is 0.583. The fraction of sp³-hybridized carbons (Fsp3) is 0.562. The van der Waals surface area contributed by atoms with Gasteiger partial charge < -0.3 is 5.32 Å². The van der Waals surface area contributed by atoms with Gasteiger partial charge in [0.25, 0.3) is 0 Å². The van der Waals surface area contributed by atoms with Crippen molar-refractivity contribution in [3.05, 3.63) is 29.3 Å². The SMILES string of the molecule is Cc1cc(NC2CCCCCC2C)ccc1C#N. The Morgan fingerprint density at radius 2 is 2.00 bits per heavy atom. The number of rotatable bonds is 2. The zero-order valence-corrected chi connectivity index (χ0v) is 11.4. The highest BCUT2D eigenvalue weighted by Gasteiger charge is 2.19. The standard InChI is InChI=1S/C16H22N2/c1-12-6-4-3-5-7-16(12)18-15-9-8-14(11-17)13(2)10-15/h8-10,12,16,18H,3-7H2,1-2H3. The van der Waals surface area contributed by atoms with Crippen LogP contribution >= 0.6 is 0 Å². The summed E-state index contributed by atoms with van der Waals surface area (Å²) in [5.41, 5.74) is 2.99. The van der Waals surface area contributed by atoms with Gasteiger partial charge in [-0.2, -0.15) is 5.26 Å². The number of nitrogens with one attached hydrogen (secondary N) is 1. The number of nitrogens with zero attached hydrogens (tertiary/aromatic N) is 1. The molecule has 2 atom stereocenters. The minimum atomic E-state index is 0.583. The Morgan fingerprint density at radius 1 is 1.22 bits per heavy atom. The predicted octanol–water partition coefficient (Wildman–Crippen LogP) is 4.25. The smallest absolute Gasteiger partial charge is 0.0994 e. The molecule has 18 heavy (non-hydrogen) atoms. The van der Waals surface area contributed by atoms with E-state index >= 15 is 0 Å². The van der Waals surface area contributed by atoms with Gasteiger partial charge in [-0.3, -0.25) is 0 Å². The van der Waals surface area contributed by atoms with E-state index in [9.17, 15) is 0 Å².